The molecule has 2 aliphatic rings. The van der Waals surface area contributed by atoms with Crippen LogP contribution in [-0.2, 0) is 0 Å². The average Bonchev–Trinajstić information content (AvgIpc) is 3.83. The summed E-state index contributed by atoms with van der Waals surface area (Å²) in [5.74, 6) is 0.589. The van der Waals surface area contributed by atoms with E-state index < -0.39 is 0 Å². The number of hydrogen-bond donors (Lipinski definition) is 0. The van der Waals surface area contributed by atoms with Crippen LogP contribution in [0.3, 0.4) is 0 Å². The van der Waals surface area contributed by atoms with Crippen molar-refractivity contribution < 1.29 is 0 Å². The third-order valence-electron chi connectivity index (χ3n) is 12.1. The van der Waals surface area contributed by atoms with Crippen LogP contribution in [0.5, 0.6) is 0 Å². The Morgan fingerprint density at radius 1 is 0.382 bits per heavy atom. The molecule has 55 heavy (non-hydrogen) atoms. The molecule has 8 aromatic carbocycles. The molecule has 0 spiro atoms. The highest BCUT2D eigenvalue weighted by Crippen LogP contribution is 2.48. The monoisotopic (exact) mass is 718 g/mol. The highest BCUT2D eigenvalue weighted by atomic mass is 28.2. The van der Waals surface area contributed by atoms with Crippen molar-refractivity contribution in [2.24, 2.45) is 0 Å². The van der Waals surface area contributed by atoms with Gasteiger partial charge in [-0.25, -0.2) is 0 Å². The van der Waals surface area contributed by atoms with E-state index in [1.165, 1.54) is 98.7 Å². The van der Waals surface area contributed by atoms with Crippen LogP contribution in [0.2, 0.25) is 0 Å². The van der Waals surface area contributed by atoms with E-state index in [1.54, 1.807) is 0 Å². The molecule has 0 fully saturated rings. The topological polar surface area (TPSA) is 0 Å². The minimum absolute atomic E-state index is 0.294. The smallest absolute Gasteiger partial charge is 0.0628 e. The predicted octanol–water partition coefficient (Wildman–Crippen LogP) is 12.9. The molecule has 0 heterocycles. The second-order valence-corrected chi connectivity index (χ2v) is 16.5. The van der Waals surface area contributed by atoms with E-state index in [9.17, 15) is 0 Å². The summed E-state index contributed by atoms with van der Waals surface area (Å²) in [5.41, 5.74) is 16.6. The van der Waals surface area contributed by atoms with Gasteiger partial charge in [0, 0.05) is 11.8 Å². The number of hydrogen-bond acceptors (Lipinski definition) is 0. The quantitative estimate of drug-likeness (QED) is 0.137. The van der Waals surface area contributed by atoms with Crippen LogP contribution in [0.1, 0.15) is 71.9 Å². The molecule has 0 aliphatic heterocycles. The van der Waals surface area contributed by atoms with Gasteiger partial charge in [0.1, 0.15) is 9.52 Å². The van der Waals surface area contributed by atoms with Gasteiger partial charge in [-0.1, -0.05) is 217 Å². The van der Waals surface area contributed by atoms with Crippen molar-refractivity contribution in [1.29, 1.82) is 0 Å². The number of benzene rings is 8. The normalized spacial score (nSPS) is 15.9. The van der Waals surface area contributed by atoms with E-state index in [0.717, 1.165) is 12.8 Å². The van der Waals surface area contributed by atoms with Crippen LogP contribution in [0.15, 0.2) is 181 Å². The molecule has 262 valence electrons. The Balaban J connectivity index is 0.907. The standard InChI is InChI=1S/C54H42Si/c1-3-35-33-51-47(45-19-9-15-37-13-5-7-17-43(37)45)21-11-23-49(51)53(35)39-25-29-41(30-26-39)55-42-31-27-40(28-32-42)54-36(4-2)34-52-48(22-12-24-50(52)54)46-20-10-16-38-14-6-8-18-44(38)46/h5-34,53-54H,3-4H2,1-2H3. The third-order valence-corrected chi connectivity index (χ3v) is 13.3. The molecule has 2 atom stereocenters. The first kappa shape index (κ1) is 33.5. The fraction of sp³-hybridized carbons (Fsp3) is 0.111. The van der Waals surface area contributed by atoms with Gasteiger partial charge in [-0.3, -0.25) is 0 Å². The van der Waals surface area contributed by atoms with E-state index in [1.807, 2.05) is 0 Å². The number of allylic oxidation sites excluding steroid dienone is 2. The Bertz CT molecular complexity index is 2590. The first-order valence-corrected chi connectivity index (χ1v) is 20.8. The summed E-state index contributed by atoms with van der Waals surface area (Å²) in [6.07, 6.45) is 7.02. The van der Waals surface area contributed by atoms with Crippen molar-refractivity contribution >= 4 is 53.6 Å². The molecule has 0 N–H and O–H groups in total. The van der Waals surface area contributed by atoms with Crippen molar-refractivity contribution in [2.45, 2.75) is 38.5 Å². The van der Waals surface area contributed by atoms with E-state index >= 15 is 0 Å². The third kappa shape index (κ3) is 5.82. The maximum absolute atomic E-state index is 2.47. The zero-order valence-corrected chi connectivity index (χ0v) is 32.4. The van der Waals surface area contributed by atoms with Crippen molar-refractivity contribution in [3.63, 3.8) is 0 Å². The van der Waals surface area contributed by atoms with Crippen molar-refractivity contribution in [3.05, 3.63) is 214 Å². The molecule has 2 aliphatic carbocycles. The molecule has 0 saturated heterocycles. The maximum atomic E-state index is 2.47. The summed E-state index contributed by atoms with van der Waals surface area (Å²) in [7, 11) is 0.615. The van der Waals surface area contributed by atoms with Gasteiger partial charge in [0.2, 0.25) is 0 Å². The SMILES string of the molecule is CCC1=Cc2c(-c3cccc4ccccc34)cccc2C1c1ccc([Si]c2ccc(C3C(CC)=Cc4c(-c5cccc6ccccc56)cccc43)cc2)cc1. The zero-order chi connectivity index (χ0) is 36.9. The van der Waals surface area contributed by atoms with Gasteiger partial charge in [0.05, 0.1) is 0 Å². The van der Waals surface area contributed by atoms with Gasteiger partial charge in [-0.15, -0.1) is 0 Å². The van der Waals surface area contributed by atoms with Gasteiger partial charge in [-0.2, -0.15) is 0 Å². The molecule has 0 amide bonds. The number of rotatable bonds is 8. The van der Waals surface area contributed by atoms with Crippen LogP contribution in [-0.4, -0.2) is 9.52 Å². The maximum Gasteiger partial charge on any atom is 0.121 e. The fourth-order valence-electron chi connectivity index (χ4n) is 9.40. The van der Waals surface area contributed by atoms with Crippen molar-refractivity contribution in [2.75, 3.05) is 0 Å². The highest BCUT2D eigenvalue weighted by Gasteiger charge is 2.29. The van der Waals surface area contributed by atoms with Crippen molar-refractivity contribution in [1.82, 2.24) is 0 Å². The van der Waals surface area contributed by atoms with Gasteiger partial charge in [0.15, 0.2) is 0 Å². The Labute approximate surface area is 327 Å². The van der Waals surface area contributed by atoms with E-state index in [4.69, 9.17) is 0 Å². The molecule has 1 heteroatoms. The largest absolute Gasteiger partial charge is 0.121 e. The van der Waals surface area contributed by atoms with E-state index in [2.05, 4.69) is 196 Å². The van der Waals surface area contributed by atoms with Gasteiger partial charge in [0.25, 0.3) is 0 Å². The summed E-state index contributed by atoms with van der Waals surface area (Å²) < 4.78 is 0. The number of fused-ring (bicyclic) bond motifs is 4. The Morgan fingerprint density at radius 2 is 0.764 bits per heavy atom. The van der Waals surface area contributed by atoms with Crippen LogP contribution in [0, 0.1) is 0 Å². The zero-order valence-electron chi connectivity index (χ0n) is 31.4. The van der Waals surface area contributed by atoms with Gasteiger partial charge in [-0.05, 0) is 90.0 Å². The first-order valence-electron chi connectivity index (χ1n) is 19.8. The summed E-state index contributed by atoms with van der Waals surface area (Å²) in [6, 6.07) is 63.6. The molecule has 8 aromatic rings. The summed E-state index contributed by atoms with van der Waals surface area (Å²) in [5, 5.41) is 7.95. The lowest BCUT2D eigenvalue weighted by Gasteiger charge is -2.19. The molecule has 0 bridgehead atoms. The summed E-state index contributed by atoms with van der Waals surface area (Å²) in [6.45, 7) is 4.60. The van der Waals surface area contributed by atoms with E-state index in [-0.39, 0.29) is 0 Å². The Hall–Kier alpha value is -6.02. The van der Waals surface area contributed by atoms with Gasteiger partial charge >= 0.3 is 0 Å². The van der Waals surface area contributed by atoms with Crippen LogP contribution in [0.4, 0.5) is 0 Å². The Morgan fingerprint density at radius 3 is 1.20 bits per heavy atom. The predicted molar refractivity (Wildman–Crippen MR) is 237 cm³/mol. The van der Waals surface area contributed by atoms with Crippen LogP contribution in [0.25, 0.3) is 56.0 Å². The molecule has 2 radical (unpaired) electrons. The van der Waals surface area contributed by atoms with Crippen LogP contribution < -0.4 is 10.4 Å². The van der Waals surface area contributed by atoms with Crippen molar-refractivity contribution in [3.8, 4) is 22.3 Å². The fourth-order valence-corrected chi connectivity index (χ4v) is 10.4. The molecular formula is C54H42Si. The van der Waals surface area contributed by atoms with E-state index in [0.29, 0.717) is 21.4 Å². The summed E-state index contributed by atoms with van der Waals surface area (Å²) >= 11 is 0. The Kier molecular flexibility index (Phi) is 8.53. The first-order chi connectivity index (χ1) is 27.2. The highest BCUT2D eigenvalue weighted by molar-refractivity contribution is 6.67. The lowest BCUT2D eigenvalue weighted by molar-refractivity contribution is 0.909. The van der Waals surface area contributed by atoms with Crippen LogP contribution >= 0.6 is 0 Å². The van der Waals surface area contributed by atoms with Gasteiger partial charge < -0.3 is 0 Å². The molecular weight excluding hydrogens is 677 g/mol. The second kappa shape index (κ2) is 14.0. The minimum Gasteiger partial charge on any atom is -0.0628 e. The molecule has 0 nitrogen and oxygen atoms in total. The molecule has 2 unspecified atom stereocenters. The minimum atomic E-state index is 0.294. The molecule has 0 aromatic heterocycles. The molecule has 10 rings (SSSR count). The second-order valence-electron chi connectivity index (χ2n) is 15.1. The lowest BCUT2D eigenvalue weighted by Crippen LogP contribution is -2.27. The lowest BCUT2D eigenvalue weighted by atomic mass is 9.86. The summed E-state index contributed by atoms with van der Waals surface area (Å²) in [4.78, 5) is 0. The average molecular weight is 719 g/mol. The molecule has 0 saturated carbocycles.